The van der Waals surface area contributed by atoms with Gasteiger partial charge < -0.3 is 15.4 Å². The van der Waals surface area contributed by atoms with Crippen molar-refractivity contribution in [2.24, 2.45) is 0 Å². The predicted molar refractivity (Wildman–Crippen MR) is 167 cm³/mol. The van der Waals surface area contributed by atoms with Crippen LogP contribution >= 0.6 is 11.6 Å². The summed E-state index contributed by atoms with van der Waals surface area (Å²) in [6.45, 7) is 7.65. The molecule has 5 rings (SSSR count). The van der Waals surface area contributed by atoms with E-state index in [1.807, 2.05) is 45.9 Å². The van der Waals surface area contributed by atoms with E-state index in [2.05, 4.69) is 10.6 Å². The number of fused-ring (bicyclic) bond motifs is 3. The van der Waals surface area contributed by atoms with E-state index in [4.69, 9.17) is 16.3 Å². The summed E-state index contributed by atoms with van der Waals surface area (Å²) in [7, 11) is -3.97. The largest absolute Gasteiger partial charge is 0.444 e. The van der Waals surface area contributed by atoms with Crippen molar-refractivity contribution in [3.8, 4) is 0 Å². The molecule has 2 N–H and O–H groups in total. The molecule has 3 aromatic carbocycles. The molecule has 0 spiro atoms. The number of carbonyl (C=O) groups excluding carboxylic acids is 1. The molecule has 9 heteroatoms. The standard InChI is InChI=1S/C32H38ClN3O4S/c1-21-10-13-26(14-11-21)41(38,39)36-29-15-12-23(33)19-27(29)28-20-25(35-24-8-6-5-7-9-24)18-22(30(28)36)16-17-34-31(37)40-32(2,3)4/h10-15,18-20,24,35H,5-9,16-17H2,1-4H3,(H,34,37). The van der Waals surface area contributed by atoms with Crippen molar-refractivity contribution in [1.29, 1.82) is 0 Å². The van der Waals surface area contributed by atoms with Crippen LogP contribution in [-0.4, -0.2) is 36.7 Å². The van der Waals surface area contributed by atoms with E-state index in [9.17, 15) is 13.2 Å². The number of anilines is 1. The van der Waals surface area contributed by atoms with Gasteiger partial charge in [0.05, 0.1) is 15.9 Å². The Hall–Kier alpha value is -3.23. The number of nitrogens with one attached hydrogen (secondary N) is 2. The third-order valence-electron chi connectivity index (χ3n) is 7.46. The molecule has 1 aromatic heterocycles. The normalized spacial score (nSPS) is 14.9. The molecule has 0 saturated heterocycles. The van der Waals surface area contributed by atoms with Crippen molar-refractivity contribution in [2.75, 3.05) is 11.9 Å². The Labute approximate surface area is 247 Å². The van der Waals surface area contributed by atoms with Crippen molar-refractivity contribution in [2.45, 2.75) is 82.8 Å². The molecule has 4 aromatic rings. The zero-order valence-electron chi connectivity index (χ0n) is 24.1. The van der Waals surface area contributed by atoms with E-state index in [0.29, 0.717) is 28.5 Å². The Bertz CT molecular complexity index is 1680. The molecular weight excluding hydrogens is 558 g/mol. The molecule has 1 aliphatic rings. The van der Waals surface area contributed by atoms with E-state index in [-0.39, 0.29) is 11.4 Å². The van der Waals surface area contributed by atoms with Crippen molar-refractivity contribution < 1.29 is 17.9 Å². The third kappa shape index (κ3) is 6.49. The minimum Gasteiger partial charge on any atom is -0.444 e. The fraction of sp³-hybridized carbons (Fsp3) is 0.406. The van der Waals surface area contributed by atoms with Gasteiger partial charge >= 0.3 is 6.09 Å². The van der Waals surface area contributed by atoms with Gasteiger partial charge in [0.1, 0.15) is 5.60 Å². The highest BCUT2D eigenvalue weighted by molar-refractivity contribution is 7.90. The van der Waals surface area contributed by atoms with Crippen LogP contribution in [0.2, 0.25) is 5.02 Å². The van der Waals surface area contributed by atoms with Gasteiger partial charge in [-0.05, 0) is 95.0 Å². The molecule has 0 bridgehead atoms. The number of aromatic nitrogens is 1. The summed E-state index contributed by atoms with van der Waals surface area (Å²) >= 11 is 6.45. The average molecular weight is 596 g/mol. The van der Waals surface area contributed by atoms with Crippen LogP contribution in [0.1, 0.15) is 64.0 Å². The van der Waals surface area contributed by atoms with E-state index < -0.39 is 21.7 Å². The Morgan fingerprint density at radius 1 is 1.00 bits per heavy atom. The maximum absolute atomic E-state index is 14.2. The lowest BCUT2D eigenvalue weighted by Crippen LogP contribution is -2.33. The predicted octanol–water partition coefficient (Wildman–Crippen LogP) is 7.81. The van der Waals surface area contributed by atoms with Gasteiger partial charge in [0.2, 0.25) is 0 Å². The zero-order valence-corrected chi connectivity index (χ0v) is 25.7. The van der Waals surface area contributed by atoms with Crippen LogP contribution in [0, 0.1) is 6.92 Å². The molecule has 0 radical (unpaired) electrons. The minimum atomic E-state index is -3.97. The van der Waals surface area contributed by atoms with Crippen molar-refractivity contribution in [3.05, 3.63) is 70.7 Å². The van der Waals surface area contributed by atoms with Gasteiger partial charge in [0, 0.05) is 34.1 Å². The summed E-state index contributed by atoms with van der Waals surface area (Å²) < 4.78 is 35.3. The van der Waals surface area contributed by atoms with Crippen LogP contribution in [-0.2, 0) is 21.2 Å². The third-order valence-corrected chi connectivity index (χ3v) is 9.42. The van der Waals surface area contributed by atoms with Crippen LogP contribution in [0.5, 0.6) is 0 Å². The molecular formula is C32H38ClN3O4S. The lowest BCUT2D eigenvalue weighted by atomic mass is 9.95. The summed E-state index contributed by atoms with van der Waals surface area (Å²) in [5.41, 5.74) is 3.24. The number of rotatable bonds is 7. The first-order valence-corrected chi connectivity index (χ1v) is 16.1. The highest BCUT2D eigenvalue weighted by atomic mass is 35.5. The highest BCUT2D eigenvalue weighted by Crippen LogP contribution is 2.38. The van der Waals surface area contributed by atoms with Crippen molar-refractivity contribution in [1.82, 2.24) is 9.29 Å². The molecule has 0 aliphatic heterocycles. The molecule has 7 nitrogen and oxygen atoms in total. The molecule has 0 unspecified atom stereocenters. The first-order valence-electron chi connectivity index (χ1n) is 14.2. The number of nitrogens with zero attached hydrogens (tertiary/aromatic N) is 1. The van der Waals surface area contributed by atoms with Crippen LogP contribution in [0.3, 0.4) is 0 Å². The maximum Gasteiger partial charge on any atom is 0.407 e. The Morgan fingerprint density at radius 2 is 1.71 bits per heavy atom. The van der Waals surface area contributed by atoms with E-state index in [0.717, 1.165) is 40.4 Å². The summed E-state index contributed by atoms with van der Waals surface area (Å²) in [5, 5.41) is 8.63. The van der Waals surface area contributed by atoms with Crippen LogP contribution in [0.4, 0.5) is 10.5 Å². The number of carbonyl (C=O) groups is 1. The molecule has 41 heavy (non-hydrogen) atoms. The molecule has 1 heterocycles. The molecule has 1 amide bonds. The number of hydrogen-bond donors (Lipinski definition) is 2. The second kappa shape index (κ2) is 11.6. The van der Waals surface area contributed by atoms with Gasteiger partial charge in [-0.25, -0.2) is 17.2 Å². The fourth-order valence-corrected chi connectivity index (χ4v) is 7.33. The molecule has 0 atom stereocenters. The number of amides is 1. The maximum atomic E-state index is 14.2. The summed E-state index contributed by atoms with van der Waals surface area (Å²) in [5.74, 6) is 0. The molecule has 1 saturated carbocycles. The van der Waals surface area contributed by atoms with E-state index >= 15 is 0 Å². The number of alkyl carbamates (subject to hydrolysis) is 1. The topological polar surface area (TPSA) is 89.4 Å². The van der Waals surface area contributed by atoms with Crippen LogP contribution in [0.15, 0.2) is 59.5 Å². The summed E-state index contributed by atoms with van der Waals surface area (Å²) in [6, 6.07) is 16.6. The quantitative estimate of drug-likeness (QED) is 0.227. The minimum absolute atomic E-state index is 0.207. The van der Waals surface area contributed by atoms with Gasteiger partial charge in [0.15, 0.2) is 0 Å². The monoisotopic (exact) mass is 595 g/mol. The SMILES string of the molecule is Cc1ccc(S(=O)(=O)n2c3ccc(Cl)cc3c3cc(NC4CCCCC4)cc(CCNC(=O)OC(C)(C)C)c32)cc1. The van der Waals surface area contributed by atoms with Crippen molar-refractivity contribution >= 4 is 55.2 Å². The second-order valence-electron chi connectivity index (χ2n) is 11.9. The van der Waals surface area contributed by atoms with Gasteiger partial charge in [-0.15, -0.1) is 0 Å². The number of aryl methyl sites for hydroxylation is 1. The summed E-state index contributed by atoms with van der Waals surface area (Å²) in [4.78, 5) is 12.6. The Kier molecular flexibility index (Phi) is 8.26. The lowest BCUT2D eigenvalue weighted by molar-refractivity contribution is 0.0528. The number of benzene rings is 3. The van der Waals surface area contributed by atoms with Gasteiger partial charge in [-0.3, -0.25) is 0 Å². The van der Waals surface area contributed by atoms with Crippen LogP contribution in [0.25, 0.3) is 21.8 Å². The van der Waals surface area contributed by atoms with Gasteiger partial charge in [-0.2, -0.15) is 0 Å². The first-order chi connectivity index (χ1) is 19.4. The van der Waals surface area contributed by atoms with E-state index in [1.165, 1.54) is 23.2 Å². The van der Waals surface area contributed by atoms with Crippen LogP contribution < -0.4 is 10.6 Å². The summed E-state index contributed by atoms with van der Waals surface area (Å²) in [6.07, 6.45) is 5.73. The first kappa shape index (κ1) is 29.3. The van der Waals surface area contributed by atoms with E-state index in [1.54, 1.807) is 36.4 Å². The number of ether oxygens (including phenoxy) is 1. The number of halogens is 1. The lowest BCUT2D eigenvalue weighted by Gasteiger charge is -2.24. The smallest absolute Gasteiger partial charge is 0.407 e. The Balaban J connectivity index is 1.66. The van der Waals surface area contributed by atoms with Gasteiger partial charge in [0.25, 0.3) is 10.0 Å². The van der Waals surface area contributed by atoms with Crippen molar-refractivity contribution in [3.63, 3.8) is 0 Å². The molecule has 218 valence electrons. The highest BCUT2D eigenvalue weighted by Gasteiger charge is 2.26. The second-order valence-corrected chi connectivity index (χ2v) is 14.2. The average Bonchev–Trinajstić information content (AvgIpc) is 3.23. The van der Waals surface area contributed by atoms with Gasteiger partial charge in [-0.1, -0.05) is 48.6 Å². The fourth-order valence-electron chi connectivity index (χ4n) is 5.60. The number of hydrogen-bond acceptors (Lipinski definition) is 5. The molecule has 1 fully saturated rings. The Morgan fingerprint density at radius 3 is 2.39 bits per heavy atom. The molecule has 1 aliphatic carbocycles. The zero-order chi connectivity index (χ0) is 29.4.